The number of nitrogens with one attached hydrogen (secondary N) is 3. The van der Waals surface area contributed by atoms with Crippen LogP contribution in [0, 0.1) is 19.7 Å². The minimum absolute atomic E-state index is 0.179. The van der Waals surface area contributed by atoms with Gasteiger partial charge in [-0.1, -0.05) is 6.07 Å². The SMILES string of the molecule is CNc1c(F)cccc1C(=O)Nc1c(C)n[nH]c1C. The second-order valence-electron chi connectivity index (χ2n) is 4.18. The number of carbonyl (C=O) groups is 1. The summed E-state index contributed by atoms with van der Waals surface area (Å²) in [5.74, 6) is -0.841. The lowest BCUT2D eigenvalue weighted by Crippen LogP contribution is -2.15. The van der Waals surface area contributed by atoms with Gasteiger partial charge >= 0.3 is 0 Å². The highest BCUT2D eigenvalue weighted by molar-refractivity contribution is 6.08. The first-order chi connectivity index (χ1) is 9.04. The van der Waals surface area contributed by atoms with Crippen molar-refractivity contribution in [2.24, 2.45) is 0 Å². The summed E-state index contributed by atoms with van der Waals surface area (Å²) in [4.78, 5) is 12.2. The van der Waals surface area contributed by atoms with Crippen LogP contribution in [-0.4, -0.2) is 23.2 Å². The van der Waals surface area contributed by atoms with Gasteiger partial charge < -0.3 is 10.6 Å². The van der Waals surface area contributed by atoms with Crippen LogP contribution in [0.3, 0.4) is 0 Å². The number of hydrogen-bond acceptors (Lipinski definition) is 3. The lowest BCUT2D eigenvalue weighted by Gasteiger charge is -2.10. The third-order valence-electron chi connectivity index (χ3n) is 2.87. The maximum absolute atomic E-state index is 13.6. The molecule has 0 radical (unpaired) electrons. The average Bonchev–Trinajstić information content (AvgIpc) is 2.70. The van der Waals surface area contributed by atoms with Crippen molar-refractivity contribution in [2.75, 3.05) is 17.7 Å². The maximum Gasteiger partial charge on any atom is 0.257 e. The van der Waals surface area contributed by atoms with Gasteiger partial charge in [0, 0.05) is 7.05 Å². The Kier molecular flexibility index (Phi) is 3.50. The monoisotopic (exact) mass is 262 g/mol. The Balaban J connectivity index is 2.33. The minimum Gasteiger partial charge on any atom is -0.385 e. The molecule has 0 fully saturated rings. The van der Waals surface area contributed by atoms with E-state index in [4.69, 9.17) is 0 Å². The van der Waals surface area contributed by atoms with E-state index in [1.807, 2.05) is 0 Å². The van der Waals surface area contributed by atoms with Crippen LogP contribution in [-0.2, 0) is 0 Å². The highest BCUT2D eigenvalue weighted by Gasteiger charge is 2.16. The average molecular weight is 262 g/mol. The first-order valence-electron chi connectivity index (χ1n) is 5.83. The summed E-state index contributed by atoms with van der Waals surface area (Å²) in [7, 11) is 1.57. The molecule has 3 N–H and O–H groups in total. The molecule has 0 aliphatic rings. The zero-order valence-corrected chi connectivity index (χ0v) is 11.0. The first kappa shape index (κ1) is 13.1. The summed E-state index contributed by atoms with van der Waals surface area (Å²) in [6.07, 6.45) is 0. The summed E-state index contributed by atoms with van der Waals surface area (Å²) in [5, 5.41) is 12.2. The summed E-state index contributed by atoms with van der Waals surface area (Å²) >= 11 is 0. The van der Waals surface area contributed by atoms with Gasteiger partial charge in [-0.05, 0) is 26.0 Å². The van der Waals surface area contributed by atoms with Crippen LogP contribution in [0.4, 0.5) is 15.8 Å². The van der Waals surface area contributed by atoms with E-state index in [0.29, 0.717) is 11.4 Å². The summed E-state index contributed by atoms with van der Waals surface area (Å²) < 4.78 is 13.6. The zero-order valence-electron chi connectivity index (χ0n) is 11.0. The van der Waals surface area contributed by atoms with Gasteiger partial charge in [-0.15, -0.1) is 0 Å². The molecule has 2 aromatic rings. The van der Waals surface area contributed by atoms with Crippen molar-refractivity contribution in [1.82, 2.24) is 10.2 Å². The molecule has 0 saturated heterocycles. The molecule has 0 aliphatic heterocycles. The molecule has 19 heavy (non-hydrogen) atoms. The van der Waals surface area contributed by atoms with E-state index in [0.717, 1.165) is 5.69 Å². The van der Waals surface area contributed by atoms with Crippen molar-refractivity contribution >= 4 is 17.3 Å². The van der Waals surface area contributed by atoms with Crippen molar-refractivity contribution in [3.8, 4) is 0 Å². The van der Waals surface area contributed by atoms with Crippen molar-refractivity contribution in [2.45, 2.75) is 13.8 Å². The van der Waals surface area contributed by atoms with Gasteiger partial charge in [-0.2, -0.15) is 5.10 Å². The van der Waals surface area contributed by atoms with Crippen molar-refractivity contribution in [3.63, 3.8) is 0 Å². The van der Waals surface area contributed by atoms with Gasteiger partial charge in [0.15, 0.2) is 0 Å². The molecule has 0 saturated carbocycles. The largest absolute Gasteiger partial charge is 0.385 e. The molecule has 0 spiro atoms. The zero-order chi connectivity index (χ0) is 14.0. The normalized spacial score (nSPS) is 10.3. The van der Waals surface area contributed by atoms with Gasteiger partial charge in [0.1, 0.15) is 5.82 Å². The van der Waals surface area contributed by atoms with Crippen LogP contribution < -0.4 is 10.6 Å². The lowest BCUT2D eigenvalue weighted by molar-refractivity contribution is 0.102. The van der Waals surface area contributed by atoms with Crippen molar-refractivity contribution in [1.29, 1.82) is 0 Å². The molecule has 1 heterocycles. The third-order valence-corrected chi connectivity index (χ3v) is 2.87. The van der Waals surface area contributed by atoms with Crippen LogP contribution in [0.15, 0.2) is 18.2 Å². The lowest BCUT2D eigenvalue weighted by atomic mass is 10.1. The number of hydrogen-bond donors (Lipinski definition) is 3. The fraction of sp³-hybridized carbons (Fsp3) is 0.231. The Morgan fingerprint density at radius 3 is 2.63 bits per heavy atom. The van der Waals surface area contributed by atoms with Crippen LogP contribution in [0.2, 0.25) is 0 Å². The fourth-order valence-electron chi connectivity index (χ4n) is 1.88. The van der Waals surface area contributed by atoms with E-state index in [2.05, 4.69) is 20.8 Å². The number of para-hydroxylation sites is 1. The van der Waals surface area contributed by atoms with Crippen LogP contribution in [0.1, 0.15) is 21.7 Å². The number of aromatic nitrogens is 2. The Labute approximate surface area is 110 Å². The molecule has 0 unspecified atom stereocenters. The molecular weight excluding hydrogens is 247 g/mol. The number of nitrogens with zero attached hydrogens (tertiary/aromatic N) is 1. The molecule has 1 aromatic carbocycles. The first-order valence-corrected chi connectivity index (χ1v) is 5.83. The van der Waals surface area contributed by atoms with Crippen molar-refractivity contribution < 1.29 is 9.18 Å². The number of halogens is 1. The van der Waals surface area contributed by atoms with Crippen LogP contribution >= 0.6 is 0 Å². The Hall–Kier alpha value is -2.37. The summed E-state index contributed by atoms with van der Waals surface area (Å²) in [6.45, 7) is 3.59. The standard InChI is InChI=1S/C13H15FN4O/c1-7-11(8(2)18-17-7)16-13(19)9-5-4-6-10(14)12(9)15-3/h4-6,15H,1-3H3,(H,16,19)(H,17,18). The second kappa shape index (κ2) is 5.09. The van der Waals surface area contributed by atoms with Gasteiger partial charge in [-0.3, -0.25) is 9.89 Å². The summed E-state index contributed by atoms with van der Waals surface area (Å²) in [6, 6.07) is 4.37. The molecule has 1 amide bonds. The molecule has 100 valence electrons. The van der Waals surface area contributed by atoms with E-state index in [1.54, 1.807) is 27.0 Å². The molecule has 0 bridgehead atoms. The number of carbonyl (C=O) groups excluding carboxylic acids is 1. The molecule has 5 nitrogen and oxygen atoms in total. The second-order valence-corrected chi connectivity index (χ2v) is 4.18. The van der Waals surface area contributed by atoms with Crippen molar-refractivity contribution in [3.05, 3.63) is 41.0 Å². The van der Waals surface area contributed by atoms with Gasteiger partial charge in [0.05, 0.1) is 28.3 Å². The van der Waals surface area contributed by atoms with Gasteiger partial charge in [0.2, 0.25) is 0 Å². The number of rotatable bonds is 3. The predicted molar refractivity (Wildman–Crippen MR) is 72.0 cm³/mol. The number of benzene rings is 1. The third kappa shape index (κ3) is 2.42. The van der Waals surface area contributed by atoms with E-state index < -0.39 is 5.82 Å². The van der Waals surface area contributed by atoms with E-state index >= 15 is 0 Å². The van der Waals surface area contributed by atoms with E-state index in [9.17, 15) is 9.18 Å². The quantitative estimate of drug-likeness (QED) is 0.795. The van der Waals surface area contributed by atoms with Crippen LogP contribution in [0.5, 0.6) is 0 Å². The van der Waals surface area contributed by atoms with Gasteiger partial charge in [-0.25, -0.2) is 4.39 Å². The fourth-order valence-corrected chi connectivity index (χ4v) is 1.88. The molecule has 6 heteroatoms. The van der Waals surface area contributed by atoms with Gasteiger partial charge in [0.25, 0.3) is 5.91 Å². The number of aromatic amines is 1. The van der Waals surface area contributed by atoms with E-state index in [-0.39, 0.29) is 17.2 Å². The van der Waals surface area contributed by atoms with Crippen LogP contribution in [0.25, 0.3) is 0 Å². The molecule has 0 aliphatic carbocycles. The molecular formula is C13H15FN4O. The minimum atomic E-state index is -0.462. The number of aryl methyl sites for hydroxylation is 2. The Bertz CT molecular complexity index is 602. The molecule has 1 aromatic heterocycles. The number of amides is 1. The maximum atomic E-state index is 13.6. The summed E-state index contributed by atoms with van der Waals surface area (Å²) in [5.41, 5.74) is 2.50. The molecule has 2 rings (SSSR count). The predicted octanol–water partition coefficient (Wildman–Crippen LogP) is 2.46. The molecule has 0 atom stereocenters. The Morgan fingerprint density at radius 2 is 2.05 bits per heavy atom. The number of anilines is 2. The Morgan fingerprint density at radius 1 is 1.32 bits per heavy atom. The van der Waals surface area contributed by atoms with E-state index in [1.165, 1.54) is 12.1 Å². The topological polar surface area (TPSA) is 69.8 Å². The highest BCUT2D eigenvalue weighted by Crippen LogP contribution is 2.22. The number of H-pyrrole nitrogens is 1. The highest BCUT2D eigenvalue weighted by atomic mass is 19.1. The smallest absolute Gasteiger partial charge is 0.257 e.